The van der Waals surface area contributed by atoms with Gasteiger partial charge in [0.25, 0.3) is 0 Å². The minimum absolute atomic E-state index is 0.0187. The number of halogens is 1. The topological polar surface area (TPSA) is 47.3 Å². The second kappa shape index (κ2) is 5.25. The number of rotatable bonds is 4. The van der Waals surface area contributed by atoms with Crippen molar-refractivity contribution in [1.29, 1.82) is 0 Å². The SMILES string of the molecule is CNC(c1cc(Cl)cc(C)c1OC)C(C)(C)N. The lowest BCUT2D eigenvalue weighted by molar-refractivity contribution is 0.345. The summed E-state index contributed by atoms with van der Waals surface area (Å²) in [6.45, 7) is 5.93. The second-order valence-electron chi connectivity index (χ2n) is 4.89. The monoisotopic (exact) mass is 256 g/mol. The summed E-state index contributed by atoms with van der Waals surface area (Å²) in [4.78, 5) is 0. The van der Waals surface area contributed by atoms with Crippen LogP contribution in [0, 0.1) is 6.92 Å². The molecule has 3 N–H and O–H groups in total. The van der Waals surface area contributed by atoms with Crippen LogP contribution in [0.5, 0.6) is 5.75 Å². The van der Waals surface area contributed by atoms with Crippen molar-refractivity contribution in [3.63, 3.8) is 0 Å². The first-order valence-electron chi connectivity index (χ1n) is 5.61. The Hall–Kier alpha value is -0.770. The second-order valence-corrected chi connectivity index (χ2v) is 5.32. The molecule has 0 aliphatic rings. The Labute approximate surface area is 108 Å². The van der Waals surface area contributed by atoms with Crippen molar-refractivity contribution in [3.8, 4) is 5.75 Å². The van der Waals surface area contributed by atoms with Crippen LogP contribution in [0.3, 0.4) is 0 Å². The Morgan fingerprint density at radius 2 is 2.00 bits per heavy atom. The summed E-state index contributed by atoms with van der Waals surface area (Å²) in [7, 11) is 3.55. The molecular formula is C13H21ClN2O. The number of aryl methyl sites for hydroxylation is 1. The third-order valence-corrected chi connectivity index (χ3v) is 3.03. The van der Waals surface area contributed by atoms with Crippen molar-refractivity contribution in [2.75, 3.05) is 14.2 Å². The van der Waals surface area contributed by atoms with Gasteiger partial charge in [-0.3, -0.25) is 0 Å². The number of methoxy groups -OCH3 is 1. The van der Waals surface area contributed by atoms with Crippen molar-refractivity contribution < 1.29 is 4.74 Å². The van der Waals surface area contributed by atoms with Crippen molar-refractivity contribution >= 4 is 11.6 Å². The molecule has 0 heterocycles. The van der Waals surface area contributed by atoms with Gasteiger partial charge in [0.05, 0.1) is 13.2 Å². The Kier molecular flexibility index (Phi) is 4.42. The number of likely N-dealkylation sites (N-methyl/N-ethyl adjacent to an activating group) is 1. The Morgan fingerprint density at radius 1 is 1.41 bits per heavy atom. The molecule has 1 rings (SSSR count). The largest absolute Gasteiger partial charge is 0.496 e. The molecule has 0 aliphatic heterocycles. The van der Waals surface area contributed by atoms with Crippen LogP contribution in [0.1, 0.15) is 31.0 Å². The van der Waals surface area contributed by atoms with Crippen LogP contribution in [0.2, 0.25) is 5.02 Å². The predicted octanol–water partition coefficient (Wildman–Crippen LogP) is 2.65. The van der Waals surface area contributed by atoms with Gasteiger partial charge in [-0.05, 0) is 45.5 Å². The molecule has 1 atom stereocenters. The molecule has 96 valence electrons. The van der Waals surface area contributed by atoms with Crippen LogP contribution in [-0.2, 0) is 0 Å². The first-order valence-corrected chi connectivity index (χ1v) is 5.99. The molecular weight excluding hydrogens is 236 g/mol. The van der Waals surface area contributed by atoms with E-state index >= 15 is 0 Å². The zero-order chi connectivity index (χ0) is 13.2. The van der Waals surface area contributed by atoms with Gasteiger partial charge in [0.15, 0.2) is 0 Å². The van der Waals surface area contributed by atoms with Gasteiger partial charge in [-0.2, -0.15) is 0 Å². The van der Waals surface area contributed by atoms with Gasteiger partial charge in [-0.15, -0.1) is 0 Å². The summed E-state index contributed by atoms with van der Waals surface area (Å²) in [5, 5.41) is 3.92. The standard InChI is InChI=1S/C13H21ClN2O/c1-8-6-9(14)7-10(11(8)17-5)12(16-4)13(2,3)15/h6-7,12,16H,15H2,1-5H3. The normalized spacial score (nSPS) is 13.6. The molecule has 1 aromatic rings. The van der Waals surface area contributed by atoms with E-state index in [4.69, 9.17) is 22.1 Å². The summed E-state index contributed by atoms with van der Waals surface area (Å²) in [5.74, 6) is 0.840. The molecule has 1 aromatic carbocycles. The fourth-order valence-electron chi connectivity index (χ4n) is 2.18. The first-order chi connectivity index (χ1) is 7.81. The molecule has 0 saturated heterocycles. The van der Waals surface area contributed by atoms with E-state index in [1.807, 2.05) is 40.0 Å². The lowest BCUT2D eigenvalue weighted by Crippen LogP contribution is -2.45. The van der Waals surface area contributed by atoms with Crippen molar-refractivity contribution in [2.24, 2.45) is 5.73 Å². The highest BCUT2D eigenvalue weighted by Crippen LogP contribution is 2.35. The van der Waals surface area contributed by atoms with Gasteiger partial charge < -0.3 is 15.8 Å². The molecule has 0 fully saturated rings. The molecule has 0 aliphatic carbocycles. The number of benzene rings is 1. The highest BCUT2D eigenvalue weighted by molar-refractivity contribution is 6.30. The molecule has 0 amide bonds. The van der Waals surface area contributed by atoms with Crippen LogP contribution < -0.4 is 15.8 Å². The number of nitrogens with one attached hydrogen (secondary N) is 1. The molecule has 17 heavy (non-hydrogen) atoms. The van der Waals surface area contributed by atoms with Gasteiger partial charge in [0.1, 0.15) is 5.75 Å². The number of hydrogen-bond donors (Lipinski definition) is 2. The minimum atomic E-state index is -0.404. The molecule has 0 bridgehead atoms. The Morgan fingerprint density at radius 3 is 2.41 bits per heavy atom. The fourth-order valence-corrected chi connectivity index (χ4v) is 2.46. The van der Waals surface area contributed by atoms with E-state index in [-0.39, 0.29) is 6.04 Å². The zero-order valence-corrected chi connectivity index (χ0v) is 11.9. The van der Waals surface area contributed by atoms with Gasteiger partial charge in [0.2, 0.25) is 0 Å². The predicted molar refractivity (Wildman–Crippen MR) is 72.8 cm³/mol. The highest BCUT2D eigenvalue weighted by atomic mass is 35.5. The van der Waals surface area contributed by atoms with E-state index in [0.717, 1.165) is 16.9 Å². The lowest BCUT2D eigenvalue weighted by atomic mass is 9.88. The fraction of sp³-hybridized carbons (Fsp3) is 0.538. The summed E-state index contributed by atoms with van der Waals surface area (Å²) in [5.41, 5.74) is 7.79. The average molecular weight is 257 g/mol. The maximum Gasteiger partial charge on any atom is 0.126 e. The van der Waals surface area contributed by atoms with E-state index in [0.29, 0.717) is 5.02 Å². The smallest absolute Gasteiger partial charge is 0.126 e. The number of hydrogen-bond acceptors (Lipinski definition) is 3. The Bertz CT molecular complexity index is 399. The lowest BCUT2D eigenvalue weighted by Gasteiger charge is -2.32. The van der Waals surface area contributed by atoms with Crippen LogP contribution >= 0.6 is 11.6 Å². The number of nitrogens with two attached hydrogens (primary N) is 1. The summed E-state index contributed by atoms with van der Waals surface area (Å²) in [6, 6.07) is 3.78. The van der Waals surface area contributed by atoms with E-state index in [9.17, 15) is 0 Å². The van der Waals surface area contributed by atoms with E-state index in [1.165, 1.54) is 0 Å². The van der Waals surface area contributed by atoms with Gasteiger partial charge in [-0.25, -0.2) is 0 Å². The third-order valence-electron chi connectivity index (χ3n) is 2.82. The Balaban J connectivity index is 3.37. The van der Waals surface area contributed by atoms with E-state index in [2.05, 4.69) is 5.32 Å². The molecule has 0 aromatic heterocycles. The van der Waals surface area contributed by atoms with E-state index < -0.39 is 5.54 Å². The summed E-state index contributed by atoms with van der Waals surface area (Å²) < 4.78 is 5.45. The molecule has 3 nitrogen and oxygen atoms in total. The molecule has 0 saturated carbocycles. The van der Waals surface area contributed by atoms with Gasteiger partial charge >= 0.3 is 0 Å². The van der Waals surface area contributed by atoms with Crippen molar-refractivity contribution in [2.45, 2.75) is 32.4 Å². The molecule has 0 spiro atoms. The highest BCUT2D eigenvalue weighted by Gasteiger charge is 2.28. The molecule has 1 unspecified atom stereocenters. The molecule has 0 radical (unpaired) electrons. The summed E-state index contributed by atoms with van der Waals surface area (Å²) in [6.07, 6.45) is 0. The average Bonchev–Trinajstić information content (AvgIpc) is 2.15. The maximum atomic E-state index is 6.18. The van der Waals surface area contributed by atoms with Crippen LogP contribution in [0.15, 0.2) is 12.1 Å². The first kappa shape index (κ1) is 14.3. The van der Waals surface area contributed by atoms with Gasteiger partial charge in [-0.1, -0.05) is 11.6 Å². The molecule has 4 heteroatoms. The van der Waals surface area contributed by atoms with Crippen LogP contribution in [-0.4, -0.2) is 19.7 Å². The van der Waals surface area contributed by atoms with Crippen LogP contribution in [0.4, 0.5) is 0 Å². The van der Waals surface area contributed by atoms with E-state index in [1.54, 1.807) is 7.11 Å². The minimum Gasteiger partial charge on any atom is -0.496 e. The number of ether oxygens (including phenoxy) is 1. The zero-order valence-electron chi connectivity index (χ0n) is 11.1. The van der Waals surface area contributed by atoms with Crippen molar-refractivity contribution in [3.05, 3.63) is 28.3 Å². The quantitative estimate of drug-likeness (QED) is 0.871. The maximum absolute atomic E-state index is 6.18. The van der Waals surface area contributed by atoms with Crippen molar-refractivity contribution in [1.82, 2.24) is 5.32 Å². The van der Waals surface area contributed by atoms with Crippen LogP contribution in [0.25, 0.3) is 0 Å². The summed E-state index contributed by atoms with van der Waals surface area (Å²) >= 11 is 6.11. The van der Waals surface area contributed by atoms with Gasteiger partial charge in [0, 0.05) is 16.1 Å². The third kappa shape index (κ3) is 3.12.